The van der Waals surface area contributed by atoms with Crippen LogP contribution in [0.3, 0.4) is 0 Å². The van der Waals surface area contributed by atoms with Gasteiger partial charge < -0.3 is 29.9 Å². The molecule has 3 aromatic rings. The number of sulfonamides is 1. The minimum atomic E-state index is -4.57. The summed E-state index contributed by atoms with van der Waals surface area (Å²) in [5, 5.41) is 5.45. The first-order valence-corrected chi connectivity index (χ1v) is 20.2. The van der Waals surface area contributed by atoms with Gasteiger partial charge in [0, 0.05) is 67.7 Å². The van der Waals surface area contributed by atoms with Gasteiger partial charge >= 0.3 is 18.4 Å². The smallest absolute Gasteiger partial charge is 0.417 e. The van der Waals surface area contributed by atoms with Crippen LogP contribution >= 0.6 is 15.9 Å². The zero-order valence-corrected chi connectivity index (χ0v) is 34.6. The van der Waals surface area contributed by atoms with Crippen LogP contribution in [0.5, 0.6) is 0 Å². The molecule has 2 aromatic carbocycles. The van der Waals surface area contributed by atoms with Gasteiger partial charge in [0.2, 0.25) is 10.0 Å². The average Bonchev–Trinajstić information content (AvgIpc) is 3.10. The molecule has 1 aliphatic rings. The van der Waals surface area contributed by atoms with Crippen molar-refractivity contribution < 1.29 is 45.4 Å². The Morgan fingerprint density at radius 3 is 2.05 bits per heavy atom. The molecule has 0 bridgehead atoms. The second-order valence-electron chi connectivity index (χ2n) is 15.1. The minimum Gasteiger partial charge on any atom is -0.444 e. The molecule has 0 radical (unpaired) electrons. The Hall–Kier alpha value is -4.42. The molecular formula is C38H48BrF3N6O7S. The van der Waals surface area contributed by atoms with E-state index in [2.05, 4.69) is 31.5 Å². The van der Waals surface area contributed by atoms with Gasteiger partial charge in [-0.2, -0.15) is 17.5 Å². The Balaban J connectivity index is 1.29. The summed E-state index contributed by atoms with van der Waals surface area (Å²) >= 11 is 2.88. The van der Waals surface area contributed by atoms with Crippen LogP contribution in [-0.2, 0) is 32.1 Å². The normalized spacial score (nSPS) is 14.2. The van der Waals surface area contributed by atoms with Crippen LogP contribution in [0.2, 0.25) is 0 Å². The maximum absolute atomic E-state index is 13.4. The van der Waals surface area contributed by atoms with Crippen molar-refractivity contribution in [3.8, 4) is 0 Å². The van der Waals surface area contributed by atoms with Crippen LogP contribution in [0.4, 0.5) is 34.3 Å². The molecule has 18 heteroatoms. The van der Waals surface area contributed by atoms with E-state index in [1.165, 1.54) is 28.6 Å². The van der Waals surface area contributed by atoms with E-state index in [9.17, 15) is 36.0 Å². The lowest BCUT2D eigenvalue weighted by Crippen LogP contribution is -2.49. The fourth-order valence-electron chi connectivity index (χ4n) is 5.52. The van der Waals surface area contributed by atoms with E-state index in [1.54, 1.807) is 75.6 Å². The van der Waals surface area contributed by atoms with E-state index < -0.39 is 51.1 Å². The van der Waals surface area contributed by atoms with Crippen LogP contribution in [0.25, 0.3) is 0 Å². The highest BCUT2D eigenvalue weighted by Crippen LogP contribution is 2.36. The first kappa shape index (κ1) is 44.3. The van der Waals surface area contributed by atoms with Crippen molar-refractivity contribution >= 4 is 55.6 Å². The quantitative estimate of drug-likeness (QED) is 0.179. The number of hydrogen-bond donors (Lipinski definition) is 2. The highest BCUT2D eigenvalue weighted by molar-refractivity contribution is 9.10. The third kappa shape index (κ3) is 13.1. The fourth-order valence-corrected chi connectivity index (χ4v) is 7.38. The molecule has 0 saturated carbocycles. The maximum atomic E-state index is 13.4. The van der Waals surface area contributed by atoms with Gasteiger partial charge in [0.25, 0.3) is 5.91 Å². The Morgan fingerprint density at radius 1 is 0.875 bits per heavy atom. The predicted molar refractivity (Wildman–Crippen MR) is 209 cm³/mol. The molecule has 4 rings (SSSR count). The lowest BCUT2D eigenvalue weighted by atomic mass is 10.1. The number of halogens is 4. The van der Waals surface area contributed by atoms with Gasteiger partial charge in [0.05, 0.1) is 10.5 Å². The first-order chi connectivity index (χ1) is 26.0. The number of anilines is 2. The van der Waals surface area contributed by atoms with Gasteiger partial charge in [-0.1, -0.05) is 12.1 Å². The van der Waals surface area contributed by atoms with Gasteiger partial charge in [-0.3, -0.25) is 4.79 Å². The van der Waals surface area contributed by atoms with Crippen LogP contribution in [0.15, 0.2) is 70.2 Å². The van der Waals surface area contributed by atoms with Crippen molar-refractivity contribution in [1.82, 2.24) is 19.5 Å². The van der Waals surface area contributed by atoms with Crippen LogP contribution in [0, 0.1) is 0 Å². The summed E-state index contributed by atoms with van der Waals surface area (Å²) in [6.07, 6.45) is -3.55. The Kier molecular flexibility index (Phi) is 14.4. The third-order valence-electron chi connectivity index (χ3n) is 8.27. The summed E-state index contributed by atoms with van der Waals surface area (Å²) in [6.45, 7) is 12.0. The zero-order valence-electron chi connectivity index (χ0n) is 32.2. The average molecular weight is 870 g/mol. The monoisotopic (exact) mass is 868 g/mol. The number of ether oxygens (including phenoxy) is 2. The molecule has 0 aliphatic carbocycles. The van der Waals surface area contributed by atoms with E-state index in [4.69, 9.17) is 9.47 Å². The molecule has 2 N–H and O–H groups in total. The number of hydrogen-bond acceptors (Lipinski definition) is 9. The lowest BCUT2D eigenvalue weighted by Gasteiger charge is -2.35. The van der Waals surface area contributed by atoms with Crippen molar-refractivity contribution in [2.45, 2.75) is 76.7 Å². The number of alkyl carbamates (subject to hydrolysis) is 1. The number of pyridine rings is 1. The van der Waals surface area contributed by atoms with E-state index in [0.717, 1.165) is 17.8 Å². The highest BCUT2D eigenvalue weighted by atomic mass is 79.9. The topological polar surface area (TPSA) is 150 Å². The van der Waals surface area contributed by atoms with Crippen LogP contribution in [-0.4, -0.2) is 97.7 Å². The third-order valence-corrected chi connectivity index (χ3v) is 10.8. The number of rotatable bonds is 12. The number of amides is 3. The first-order valence-electron chi connectivity index (χ1n) is 17.9. The molecule has 56 heavy (non-hydrogen) atoms. The highest BCUT2D eigenvalue weighted by Gasteiger charge is 2.35. The van der Waals surface area contributed by atoms with E-state index in [1.807, 2.05) is 0 Å². The number of piperazine rings is 1. The van der Waals surface area contributed by atoms with Crippen molar-refractivity contribution in [3.63, 3.8) is 0 Å². The van der Waals surface area contributed by atoms with E-state index in [-0.39, 0.29) is 41.4 Å². The van der Waals surface area contributed by atoms with Crippen LogP contribution < -0.4 is 15.5 Å². The molecule has 1 fully saturated rings. The predicted octanol–water partition coefficient (Wildman–Crippen LogP) is 7.32. The van der Waals surface area contributed by atoms with Crippen molar-refractivity contribution in [1.29, 1.82) is 0 Å². The maximum Gasteiger partial charge on any atom is 0.417 e. The van der Waals surface area contributed by atoms with Gasteiger partial charge in [0.1, 0.15) is 17.0 Å². The standard InChI is InChI=1S/C38H48BrF3N6O7S/c1-36(2,3)54-34(50)43-17-7-18-47(35(51)55-37(4,5)6)19-16-26-8-10-27(11-9-26)33(49)45-28-12-14-29(15-13-28)56(52,53)48-22-20-46(21-23-48)32-24-30(38(40,41)42)31(39)25-44-32/h8-15,24-25H,7,16-23H2,1-6H3,(H,43,50)(H,45,49). The molecule has 3 amide bonds. The van der Waals surface area contributed by atoms with Crippen molar-refractivity contribution in [2.24, 2.45) is 0 Å². The summed E-state index contributed by atoms with van der Waals surface area (Å²) in [7, 11) is -3.92. The SMILES string of the molecule is CC(C)(C)OC(=O)NCCCN(CCc1ccc(C(=O)Nc2ccc(S(=O)(=O)N3CCN(c4cc(C(F)(F)F)c(Br)cn4)CC3)cc2)cc1)C(=O)OC(C)(C)C. The summed E-state index contributed by atoms with van der Waals surface area (Å²) in [5.41, 5.74) is -0.566. The van der Waals surface area contributed by atoms with E-state index in [0.29, 0.717) is 43.7 Å². The molecule has 1 aliphatic heterocycles. The summed E-state index contributed by atoms with van der Waals surface area (Å²) < 4.78 is 78.8. The molecule has 1 aromatic heterocycles. The van der Waals surface area contributed by atoms with E-state index >= 15 is 0 Å². The van der Waals surface area contributed by atoms with Gasteiger partial charge in [-0.25, -0.2) is 23.0 Å². The lowest BCUT2D eigenvalue weighted by molar-refractivity contribution is -0.138. The molecule has 13 nitrogen and oxygen atoms in total. The molecule has 1 saturated heterocycles. The number of benzene rings is 2. The summed E-state index contributed by atoms with van der Waals surface area (Å²) in [5.74, 6) is -0.304. The fraction of sp³-hybridized carbons (Fsp3) is 0.474. The number of carbonyl (C=O) groups excluding carboxylic acids is 3. The molecule has 0 atom stereocenters. The summed E-state index contributed by atoms with van der Waals surface area (Å²) in [6, 6.07) is 13.5. The Labute approximate surface area is 334 Å². The molecular weight excluding hydrogens is 821 g/mol. The number of aromatic nitrogens is 1. The number of nitrogens with zero attached hydrogens (tertiary/aromatic N) is 4. The summed E-state index contributed by atoms with van der Waals surface area (Å²) in [4.78, 5) is 45.2. The number of alkyl halides is 3. The van der Waals surface area contributed by atoms with Crippen molar-refractivity contribution in [2.75, 3.05) is 56.0 Å². The largest absolute Gasteiger partial charge is 0.444 e. The number of carbonyl (C=O) groups is 3. The molecule has 306 valence electrons. The molecule has 0 spiro atoms. The second kappa shape index (κ2) is 18.2. The Morgan fingerprint density at radius 2 is 1.48 bits per heavy atom. The zero-order chi connectivity index (χ0) is 41.5. The Bertz CT molecular complexity index is 1940. The van der Waals surface area contributed by atoms with Crippen molar-refractivity contribution in [3.05, 3.63) is 82.0 Å². The minimum absolute atomic E-state index is 0.00848. The van der Waals surface area contributed by atoms with Gasteiger partial charge in [-0.05, 0) is 118 Å². The molecule has 0 unspecified atom stereocenters. The van der Waals surface area contributed by atoms with Gasteiger partial charge in [0.15, 0.2) is 0 Å². The second-order valence-corrected chi connectivity index (χ2v) is 17.9. The number of nitrogens with one attached hydrogen (secondary N) is 2. The van der Waals surface area contributed by atoms with Gasteiger partial charge in [-0.15, -0.1) is 0 Å². The van der Waals surface area contributed by atoms with Crippen LogP contribution in [0.1, 0.15) is 69.4 Å². The molecule has 2 heterocycles.